The minimum atomic E-state index is -0.304. The summed E-state index contributed by atoms with van der Waals surface area (Å²) in [6, 6.07) is 13.4. The second-order valence-electron chi connectivity index (χ2n) is 4.98. The van der Waals surface area contributed by atoms with Gasteiger partial charge in [0.15, 0.2) is 5.11 Å². The van der Waals surface area contributed by atoms with E-state index in [1.165, 1.54) is 12.1 Å². The van der Waals surface area contributed by atoms with Crippen LogP contribution in [0.15, 0.2) is 54.9 Å². The van der Waals surface area contributed by atoms with E-state index in [0.29, 0.717) is 28.3 Å². The number of anilines is 2. The lowest BCUT2D eigenvalue weighted by atomic mass is 10.2. The summed E-state index contributed by atoms with van der Waals surface area (Å²) in [6.45, 7) is 0.573. The Kier molecular flexibility index (Phi) is 5.02. The van der Waals surface area contributed by atoms with E-state index in [-0.39, 0.29) is 5.82 Å². The van der Waals surface area contributed by atoms with Crippen molar-refractivity contribution >= 4 is 40.6 Å². The molecule has 24 heavy (non-hydrogen) atoms. The largest absolute Gasteiger partial charge is 0.332 e. The van der Waals surface area contributed by atoms with Crippen LogP contribution in [0.1, 0.15) is 5.56 Å². The number of hydrogen-bond donors (Lipinski definition) is 2. The second-order valence-corrected chi connectivity index (χ2v) is 5.82. The van der Waals surface area contributed by atoms with Gasteiger partial charge in [-0.05, 0) is 54.2 Å². The van der Waals surface area contributed by atoms with Crippen LogP contribution < -0.4 is 10.6 Å². The molecule has 1 aromatic heterocycles. The third-order valence-corrected chi connectivity index (χ3v) is 3.58. The highest BCUT2D eigenvalue weighted by atomic mass is 35.5. The summed E-state index contributed by atoms with van der Waals surface area (Å²) in [5.41, 5.74) is 1.73. The van der Waals surface area contributed by atoms with Gasteiger partial charge < -0.3 is 5.32 Å². The first-order valence-electron chi connectivity index (χ1n) is 7.06. The molecule has 0 fully saturated rings. The van der Waals surface area contributed by atoms with Crippen LogP contribution in [-0.2, 0) is 6.54 Å². The monoisotopic (exact) mass is 361 g/mol. The molecule has 0 amide bonds. The fourth-order valence-electron chi connectivity index (χ4n) is 2.00. The second kappa shape index (κ2) is 7.37. The Balaban J connectivity index is 1.58. The minimum Gasteiger partial charge on any atom is -0.332 e. The summed E-state index contributed by atoms with van der Waals surface area (Å²) >= 11 is 11.0. The van der Waals surface area contributed by atoms with Gasteiger partial charge in [-0.25, -0.2) is 14.1 Å². The van der Waals surface area contributed by atoms with Crippen molar-refractivity contribution in [1.82, 2.24) is 14.8 Å². The Morgan fingerprint density at radius 2 is 1.79 bits per heavy atom. The Labute approximate surface area is 148 Å². The van der Waals surface area contributed by atoms with Gasteiger partial charge in [-0.3, -0.25) is 5.32 Å². The average molecular weight is 362 g/mol. The average Bonchev–Trinajstić information content (AvgIpc) is 2.99. The van der Waals surface area contributed by atoms with Gasteiger partial charge in [-0.15, -0.1) is 5.10 Å². The lowest BCUT2D eigenvalue weighted by Crippen LogP contribution is -2.20. The quantitative estimate of drug-likeness (QED) is 0.690. The van der Waals surface area contributed by atoms with E-state index >= 15 is 0 Å². The first-order valence-corrected chi connectivity index (χ1v) is 7.84. The molecule has 0 spiro atoms. The zero-order valence-electron chi connectivity index (χ0n) is 12.4. The molecular weight excluding hydrogens is 349 g/mol. The summed E-state index contributed by atoms with van der Waals surface area (Å²) in [6.07, 6.45) is 1.61. The summed E-state index contributed by atoms with van der Waals surface area (Å²) in [5, 5.41) is 11.1. The van der Waals surface area contributed by atoms with Gasteiger partial charge >= 0.3 is 0 Å². The van der Waals surface area contributed by atoms with Crippen LogP contribution in [-0.4, -0.2) is 19.9 Å². The molecule has 1 heterocycles. The molecule has 0 aliphatic carbocycles. The molecular formula is C16H13ClFN5S. The smallest absolute Gasteiger partial charge is 0.248 e. The van der Waals surface area contributed by atoms with Gasteiger partial charge in [0.2, 0.25) is 5.95 Å². The highest BCUT2D eigenvalue weighted by Gasteiger charge is 2.05. The van der Waals surface area contributed by atoms with Crippen molar-refractivity contribution in [2.45, 2.75) is 6.54 Å². The molecule has 8 heteroatoms. The molecule has 0 saturated heterocycles. The van der Waals surface area contributed by atoms with Crippen molar-refractivity contribution < 1.29 is 4.39 Å². The number of rotatable bonds is 4. The molecule has 0 atom stereocenters. The van der Waals surface area contributed by atoms with Crippen molar-refractivity contribution in [2.75, 3.05) is 10.6 Å². The molecule has 0 bridgehead atoms. The lowest BCUT2D eigenvalue weighted by Gasteiger charge is -2.07. The number of benzene rings is 2. The van der Waals surface area contributed by atoms with Gasteiger partial charge in [-0.2, -0.15) is 0 Å². The van der Waals surface area contributed by atoms with E-state index < -0.39 is 0 Å². The van der Waals surface area contributed by atoms with E-state index in [1.807, 2.05) is 24.3 Å². The molecule has 5 nitrogen and oxygen atoms in total. The molecule has 0 unspecified atom stereocenters. The summed E-state index contributed by atoms with van der Waals surface area (Å²) in [4.78, 5) is 4.15. The van der Waals surface area contributed by atoms with Crippen LogP contribution in [0, 0.1) is 5.82 Å². The fraction of sp³-hybridized carbons (Fsp3) is 0.0625. The van der Waals surface area contributed by atoms with Crippen LogP contribution in [0.5, 0.6) is 0 Å². The van der Waals surface area contributed by atoms with Crippen LogP contribution in [0.4, 0.5) is 16.0 Å². The SMILES string of the molecule is Fc1ccc(NC(=S)Nc2ncn(Cc3ccc(Cl)cc3)n2)cc1. The maximum absolute atomic E-state index is 12.9. The van der Waals surface area contributed by atoms with E-state index in [1.54, 1.807) is 23.1 Å². The first-order chi connectivity index (χ1) is 11.6. The third-order valence-electron chi connectivity index (χ3n) is 3.12. The Hall–Kier alpha value is -2.51. The highest BCUT2D eigenvalue weighted by Crippen LogP contribution is 2.11. The van der Waals surface area contributed by atoms with Gasteiger partial charge in [0.1, 0.15) is 12.1 Å². The molecule has 0 aliphatic rings. The molecule has 122 valence electrons. The van der Waals surface area contributed by atoms with Gasteiger partial charge in [0, 0.05) is 10.7 Å². The maximum atomic E-state index is 12.9. The van der Waals surface area contributed by atoms with Crippen LogP contribution >= 0.6 is 23.8 Å². The number of nitrogens with one attached hydrogen (secondary N) is 2. The molecule has 3 aromatic rings. The Morgan fingerprint density at radius 3 is 2.50 bits per heavy atom. The van der Waals surface area contributed by atoms with E-state index in [9.17, 15) is 4.39 Å². The van der Waals surface area contributed by atoms with Crippen molar-refractivity contribution in [3.05, 3.63) is 71.3 Å². The maximum Gasteiger partial charge on any atom is 0.248 e. The predicted octanol–water partition coefficient (Wildman–Crippen LogP) is 3.93. The number of nitrogens with zero attached hydrogens (tertiary/aromatic N) is 3. The van der Waals surface area contributed by atoms with Gasteiger partial charge in [0.05, 0.1) is 6.54 Å². The van der Waals surface area contributed by atoms with E-state index in [0.717, 1.165) is 5.56 Å². The number of aromatic nitrogens is 3. The highest BCUT2D eigenvalue weighted by molar-refractivity contribution is 7.80. The van der Waals surface area contributed by atoms with Crippen LogP contribution in [0.2, 0.25) is 5.02 Å². The van der Waals surface area contributed by atoms with Crippen molar-refractivity contribution in [3.8, 4) is 0 Å². The summed E-state index contributed by atoms with van der Waals surface area (Å²) in [7, 11) is 0. The van der Waals surface area contributed by atoms with E-state index in [4.69, 9.17) is 23.8 Å². The van der Waals surface area contributed by atoms with Gasteiger partial charge in [0.25, 0.3) is 0 Å². The molecule has 3 rings (SSSR count). The molecule has 2 N–H and O–H groups in total. The zero-order chi connectivity index (χ0) is 16.9. The standard InChI is InChI=1S/C16H13ClFN5S/c17-12-3-1-11(2-4-12)9-23-10-19-15(22-23)21-16(24)20-14-7-5-13(18)6-8-14/h1-8,10H,9H2,(H2,20,21,22,24). The van der Waals surface area contributed by atoms with Crippen LogP contribution in [0.3, 0.4) is 0 Å². The number of hydrogen-bond acceptors (Lipinski definition) is 3. The van der Waals surface area contributed by atoms with Crippen molar-refractivity contribution in [1.29, 1.82) is 0 Å². The molecule has 0 radical (unpaired) electrons. The molecule has 0 aliphatic heterocycles. The lowest BCUT2D eigenvalue weighted by molar-refractivity contribution is 0.628. The topological polar surface area (TPSA) is 54.8 Å². The number of thiocarbonyl (C=S) groups is 1. The zero-order valence-corrected chi connectivity index (χ0v) is 14.0. The summed E-state index contributed by atoms with van der Waals surface area (Å²) < 4.78 is 14.6. The Bertz CT molecular complexity index is 832. The third kappa shape index (κ3) is 4.50. The van der Waals surface area contributed by atoms with Crippen molar-refractivity contribution in [2.24, 2.45) is 0 Å². The normalized spacial score (nSPS) is 10.4. The number of halogens is 2. The van der Waals surface area contributed by atoms with Crippen molar-refractivity contribution in [3.63, 3.8) is 0 Å². The fourth-order valence-corrected chi connectivity index (χ4v) is 2.34. The Morgan fingerprint density at radius 1 is 1.08 bits per heavy atom. The molecule has 2 aromatic carbocycles. The summed E-state index contributed by atoms with van der Waals surface area (Å²) in [5.74, 6) is 0.0746. The minimum absolute atomic E-state index is 0.304. The molecule has 0 saturated carbocycles. The predicted molar refractivity (Wildman–Crippen MR) is 96.8 cm³/mol. The van der Waals surface area contributed by atoms with E-state index in [2.05, 4.69) is 20.7 Å². The first kappa shape index (κ1) is 16.4. The van der Waals surface area contributed by atoms with Crippen LogP contribution in [0.25, 0.3) is 0 Å². The van der Waals surface area contributed by atoms with Gasteiger partial charge in [-0.1, -0.05) is 23.7 Å².